The van der Waals surface area contributed by atoms with Crippen molar-refractivity contribution < 1.29 is 19.4 Å². The van der Waals surface area contributed by atoms with Gasteiger partial charge in [-0.05, 0) is 42.9 Å². The van der Waals surface area contributed by atoms with Crippen LogP contribution >= 0.6 is 0 Å². The van der Waals surface area contributed by atoms with Gasteiger partial charge >= 0.3 is 5.97 Å². The molecule has 36 heavy (non-hydrogen) atoms. The lowest BCUT2D eigenvalue weighted by Crippen LogP contribution is -2.38. The number of carboxylic acid groups (broad SMARTS) is 1. The molecule has 0 amide bonds. The number of carbonyl (C=O) groups is 1. The molecule has 190 valence electrons. The molecular weight excluding hydrogens is 454 g/mol. The lowest BCUT2D eigenvalue weighted by atomic mass is 9.82. The average Bonchev–Trinajstić information content (AvgIpc) is 2.86. The molecule has 0 bridgehead atoms. The Balaban J connectivity index is 1.47. The monoisotopic (exact) mass is 489 g/mol. The summed E-state index contributed by atoms with van der Waals surface area (Å²) in [4.78, 5) is 23.2. The predicted molar refractivity (Wildman–Crippen MR) is 140 cm³/mol. The van der Waals surface area contributed by atoms with Crippen molar-refractivity contribution in [3.05, 3.63) is 71.7 Å². The topological polar surface area (TPSA) is 84.8 Å². The fourth-order valence-corrected chi connectivity index (χ4v) is 4.49. The minimum atomic E-state index is -0.859. The number of rotatable bonds is 10. The molecule has 1 aliphatic rings. The van der Waals surface area contributed by atoms with Crippen LogP contribution in [0.25, 0.3) is 11.3 Å². The fourth-order valence-electron chi connectivity index (χ4n) is 4.49. The second kappa shape index (κ2) is 11.5. The van der Waals surface area contributed by atoms with E-state index in [0.29, 0.717) is 25.6 Å². The van der Waals surface area contributed by atoms with Crippen molar-refractivity contribution in [3.63, 3.8) is 0 Å². The van der Waals surface area contributed by atoms with Gasteiger partial charge in [0.25, 0.3) is 0 Å². The Hall–Kier alpha value is -3.45. The summed E-state index contributed by atoms with van der Waals surface area (Å²) >= 11 is 0. The lowest BCUT2D eigenvalue weighted by Gasteiger charge is -2.40. The molecule has 3 aromatic rings. The number of aryl methyl sites for hydroxylation is 1. The maximum atomic E-state index is 11.7. The number of carboxylic acids is 1. The summed E-state index contributed by atoms with van der Waals surface area (Å²) in [6, 6.07) is 13.8. The van der Waals surface area contributed by atoms with Crippen LogP contribution in [0.5, 0.6) is 5.75 Å². The summed E-state index contributed by atoms with van der Waals surface area (Å²) in [7, 11) is 0. The molecule has 1 N–H and O–H groups in total. The molecule has 7 heteroatoms. The van der Waals surface area contributed by atoms with Gasteiger partial charge in [0.15, 0.2) is 0 Å². The lowest BCUT2D eigenvalue weighted by molar-refractivity contribution is -0.136. The first-order chi connectivity index (χ1) is 17.3. The van der Waals surface area contributed by atoms with Crippen molar-refractivity contribution in [2.75, 3.05) is 31.2 Å². The Bertz CT molecular complexity index is 1150. The molecular formula is C29H35N3O4. The first-order valence-corrected chi connectivity index (χ1v) is 12.5. The van der Waals surface area contributed by atoms with Crippen LogP contribution in [-0.2, 0) is 22.6 Å². The van der Waals surface area contributed by atoms with Crippen molar-refractivity contribution in [1.29, 1.82) is 0 Å². The summed E-state index contributed by atoms with van der Waals surface area (Å²) < 4.78 is 11.5. The first kappa shape index (κ1) is 25.6. The fraction of sp³-hybridized carbons (Fsp3) is 0.414. The third-order valence-electron chi connectivity index (χ3n) is 6.75. The Kier molecular flexibility index (Phi) is 8.21. The largest absolute Gasteiger partial charge is 0.490 e. The van der Waals surface area contributed by atoms with Crippen LogP contribution in [0.1, 0.15) is 43.5 Å². The van der Waals surface area contributed by atoms with E-state index < -0.39 is 5.97 Å². The Morgan fingerprint density at radius 2 is 1.78 bits per heavy atom. The van der Waals surface area contributed by atoms with Crippen LogP contribution in [0.2, 0.25) is 0 Å². The van der Waals surface area contributed by atoms with E-state index in [2.05, 4.69) is 28.7 Å². The van der Waals surface area contributed by atoms with E-state index in [0.717, 1.165) is 59.7 Å². The summed E-state index contributed by atoms with van der Waals surface area (Å²) in [5.41, 5.74) is 5.47. The minimum absolute atomic E-state index is 0.0634. The van der Waals surface area contributed by atoms with Gasteiger partial charge in [0, 0.05) is 36.1 Å². The molecule has 1 aliphatic heterocycles. The number of hydrogen-bond acceptors (Lipinski definition) is 6. The van der Waals surface area contributed by atoms with Gasteiger partial charge < -0.3 is 19.5 Å². The molecule has 2 aromatic heterocycles. The van der Waals surface area contributed by atoms with Crippen molar-refractivity contribution in [1.82, 2.24) is 9.97 Å². The number of piperidine rings is 1. The van der Waals surface area contributed by atoms with Crippen molar-refractivity contribution in [3.8, 4) is 17.0 Å². The molecule has 1 aromatic carbocycles. The zero-order chi connectivity index (χ0) is 25.5. The number of aliphatic carboxylic acids is 1. The molecule has 1 fully saturated rings. The maximum absolute atomic E-state index is 11.7. The van der Waals surface area contributed by atoms with Crippen molar-refractivity contribution >= 4 is 11.7 Å². The van der Waals surface area contributed by atoms with E-state index in [1.54, 1.807) is 6.20 Å². The zero-order valence-electron chi connectivity index (χ0n) is 21.4. The van der Waals surface area contributed by atoms with E-state index in [-0.39, 0.29) is 11.8 Å². The summed E-state index contributed by atoms with van der Waals surface area (Å²) in [5.74, 6) is -0.198. The Morgan fingerprint density at radius 3 is 2.44 bits per heavy atom. The van der Waals surface area contributed by atoms with Crippen LogP contribution in [0, 0.1) is 12.3 Å². The molecule has 0 aliphatic carbocycles. The third-order valence-corrected chi connectivity index (χ3v) is 6.75. The number of nitrogens with zero attached hydrogens (tertiary/aromatic N) is 3. The Labute approximate surface area is 213 Å². The Morgan fingerprint density at radius 1 is 1.03 bits per heavy atom. The van der Waals surface area contributed by atoms with Crippen LogP contribution in [0.4, 0.5) is 5.69 Å². The maximum Gasteiger partial charge on any atom is 0.307 e. The SMILES string of the molecule is Cc1ncc(-c2ccc(OCCOCc3ccccc3)cn2)c(N2CCC(C)(C)CC2)c1CC(=O)O. The second-order valence-electron chi connectivity index (χ2n) is 10.1. The van der Waals surface area contributed by atoms with Gasteiger partial charge in [-0.1, -0.05) is 44.2 Å². The molecule has 0 atom stereocenters. The highest BCUT2D eigenvalue weighted by Gasteiger charge is 2.29. The summed E-state index contributed by atoms with van der Waals surface area (Å²) in [5, 5.41) is 9.59. The molecule has 4 rings (SSSR count). The molecule has 0 radical (unpaired) electrons. The smallest absolute Gasteiger partial charge is 0.307 e. The standard InChI is InChI=1S/C29H35N3O4/c1-21-24(17-27(33)34)28(32-13-11-29(2,3)12-14-32)25(19-30-21)26-10-9-23(18-31-26)36-16-15-35-20-22-7-5-4-6-8-22/h4-10,18-19H,11-17,20H2,1-3H3,(H,33,34). The zero-order valence-corrected chi connectivity index (χ0v) is 21.4. The summed E-state index contributed by atoms with van der Waals surface area (Å²) in [6.45, 7) is 9.66. The average molecular weight is 490 g/mol. The highest BCUT2D eigenvalue weighted by atomic mass is 16.5. The summed E-state index contributed by atoms with van der Waals surface area (Å²) in [6.07, 6.45) is 5.55. The van der Waals surface area contributed by atoms with Crippen molar-refractivity contribution in [2.45, 2.75) is 46.6 Å². The van der Waals surface area contributed by atoms with Gasteiger partial charge in [-0.15, -0.1) is 0 Å². The third kappa shape index (κ3) is 6.61. The molecule has 1 saturated heterocycles. The number of aromatic nitrogens is 2. The van der Waals surface area contributed by atoms with E-state index in [9.17, 15) is 9.90 Å². The van der Waals surface area contributed by atoms with Gasteiger partial charge in [0.1, 0.15) is 12.4 Å². The van der Waals surface area contributed by atoms with E-state index in [1.807, 2.05) is 55.6 Å². The number of benzene rings is 1. The van der Waals surface area contributed by atoms with Gasteiger partial charge in [0.05, 0.1) is 37.2 Å². The van der Waals surface area contributed by atoms with Crippen LogP contribution in [0.15, 0.2) is 54.9 Å². The predicted octanol–water partition coefficient (Wildman–Crippen LogP) is 5.30. The normalized spacial score (nSPS) is 15.0. The minimum Gasteiger partial charge on any atom is -0.490 e. The van der Waals surface area contributed by atoms with E-state index in [1.165, 1.54) is 0 Å². The molecule has 0 saturated carbocycles. The van der Waals surface area contributed by atoms with Crippen LogP contribution in [0.3, 0.4) is 0 Å². The van der Waals surface area contributed by atoms with Gasteiger partial charge in [-0.25, -0.2) is 0 Å². The molecule has 0 spiro atoms. The number of ether oxygens (including phenoxy) is 2. The number of hydrogen-bond donors (Lipinski definition) is 1. The molecule has 7 nitrogen and oxygen atoms in total. The van der Waals surface area contributed by atoms with Crippen LogP contribution < -0.4 is 9.64 Å². The quantitative estimate of drug-likeness (QED) is 0.387. The van der Waals surface area contributed by atoms with Crippen molar-refractivity contribution in [2.24, 2.45) is 5.41 Å². The highest BCUT2D eigenvalue weighted by molar-refractivity contribution is 5.83. The highest BCUT2D eigenvalue weighted by Crippen LogP contribution is 2.39. The van der Waals surface area contributed by atoms with E-state index >= 15 is 0 Å². The first-order valence-electron chi connectivity index (χ1n) is 12.5. The second-order valence-corrected chi connectivity index (χ2v) is 10.1. The molecule has 3 heterocycles. The van der Waals surface area contributed by atoms with E-state index in [4.69, 9.17) is 9.47 Å². The van der Waals surface area contributed by atoms with Gasteiger partial charge in [-0.2, -0.15) is 0 Å². The van der Waals surface area contributed by atoms with Gasteiger partial charge in [-0.3, -0.25) is 14.8 Å². The molecule has 0 unspecified atom stereocenters. The van der Waals surface area contributed by atoms with Gasteiger partial charge in [0.2, 0.25) is 0 Å². The van der Waals surface area contributed by atoms with Crippen LogP contribution in [-0.4, -0.2) is 47.3 Å². The number of pyridine rings is 2. The number of anilines is 1.